The summed E-state index contributed by atoms with van der Waals surface area (Å²) in [5.74, 6) is 0. The van der Waals surface area contributed by atoms with Gasteiger partial charge in [-0.2, -0.15) is 0 Å². The van der Waals surface area contributed by atoms with Gasteiger partial charge in [0.1, 0.15) is 0 Å². The van der Waals surface area contributed by atoms with E-state index in [0.717, 1.165) is 6.42 Å². The van der Waals surface area contributed by atoms with Crippen molar-refractivity contribution >= 4 is 10.9 Å². The summed E-state index contributed by atoms with van der Waals surface area (Å²) in [5, 5.41) is 1.25. The lowest BCUT2D eigenvalue weighted by Crippen LogP contribution is -2.02. The van der Waals surface area contributed by atoms with Crippen molar-refractivity contribution in [2.75, 3.05) is 6.54 Å². The summed E-state index contributed by atoms with van der Waals surface area (Å²) in [5.41, 5.74) is 10.5. The van der Waals surface area contributed by atoms with E-state index in [9.17, 15) is 0 Å². The number of nitrogens with one attached hydrogen (secondary N) is 1. The Balaban J connectivity index is 1.97. The van der Waals surface area contributed by atoms with Crippen LogP contribution in [0.1, 0.15) is 5.56 Å². The molecule has 18 heavy (non-hydrogen) atoms. The zero-order valence-corrected chi connectivity index (χ0v) is 10.2. The topological polar surface area (TPSA) is 41.8 Å². The summed E-state index contributed by atoms with van der Waals surface area (Å²) in [6.07, 6.45) is 2.91. The maximum absolute atomic E-state index is 5.56. The van der Waals surface area contributed by atoms with Gasteiger partial charge in [-0.1, -0.05) is 30.3 Å². The molecule has 2 nitrogen and oxygen atoms in total. The van der Waals surface area contributed by atoms with E-state index in [1.807, 2.05) is 6.20 Å². The van der Waals surface area contributed by atoms with E-state index in [2.05, 4.69) is 53.5 Å². The average molecular weight is 236 g/mol. The lowest BCUT2D eigenvalue weighted by molar-refractivity contribution is 0.969. The van der Waals surface area contributed by atoms with Gasteiger partial charge >= 0.3 is 0 Å². The van der Waals surface area contributed by atoms with E-state index in [-0.39, 0.29) is 0 Å². The molecular formula is C16H16N2. The van der Waals surface area contributed by atoms with Crippen molar-refractivity contribution in [3.63, 3.8) is 0 Å². The van der Waals surface area contributed by atoms with Crippen molar-refractivity contribution in [3.05, 3.63) is 60.3 Å². The van der Waals surface area contributed by atoms with E-state index in [4.69, 9.17) is 5.73 Å². The van der Waals surface area contributed by atoms with Crippen molar-refractivity contribution in [2.24, 2.45) is 5.73 Å². The molecule has 0 aliphatic rings. The number of aromatic nitrogens is 1. The highest BCUT2D eigenvalue weighted by Gasteiger charge is 2.00. The molecule has 0 unspecified atom stereocenters. The van der Waals surface area contributed by atoms with Gasteiger partial charge in [0.15, 0.2) is 0 Å². The second-order valence-corrected chi connectivity index (χ2v) is 4.52. The molecule has 0 bridgehead atoms. The molecule has 90 valence electrons. The van der Waals surface area contributed by atoms with Crippen molar-refractivity contribution < 1.29 is 0 Å². The number of aromatic amines is 1. The van der Waals surface area contributed by atoms with Gasteiger partial charge in [-0.05, 0) is 53.2 Å². The Morgan fingerprint density at radius 1 is 0.889 bits per heavy atom. The zero-order valence-electron chi connectivity index (χ0n) is 10.2. The first-order valence-corrected chi connectivity index (χ1v) is 6.23. The number of benzene rings is 2. The third-order valence-electron chi connectivity index (χ3n) is 3.27. The number of fused-ring (bicyclic) bond motifs is 1. The molecule has 0 aliphatic heterocycles. The van der Waals surface area contributed by atoms with Crippen LogP contribution in [-0.2, 0) is 6.42 Å². The van der Waals surface area contributed by atoms with Crippen molar-refractivity contribution in [2.45, 2.75) is 6.42 Å². The maximum atomic E-state index is 5.56. The van der Waals surface area contributed by atoms with E-state index < -0.39 is 0 Å². The van der Waals surface area contributed by atoms with Crippen LogP contribution in [0.3, 0.4) is 0 Å². The number of rotatable bonds is 3. The Bertz CT molecular complexity index is 650. The highest BCUT2D eigenvalue weighted by Crippen LogP contribution is 2.24. The lowest BCUT2D eigenvalue weighted by atomic mass is 10.0. The van der Waals surface area contributed by atoms with Gasteiger partial charge < -0.3 is 10.7 Å². The summed E-state index contributed by atoms with van der Waals surface area (Å²) in [6.45, 7) is 0.703. The molecule has 0 radical (unpaired) electrons. The van der Waals surface area contributed by atoms with Crippen LogP contribution in [0.25, 0.3) is 22.0 Å². The standard InChI is InChI=1S/C16H16N2/c17-9-7-12-1-3-13(4-2-12)14-5-6-16-15(11-14)8-10-18-16/h1-6,8,10-11,18H,7,9,17H2. The highest BCUT2D eigenvalue weighted by atomic mass is 14.7. The first-order valence-electron chi connectivity index (χ1n) is 6.23. The minimum Gasteiger partial charge on any atom is -0.361 e. The summed E-state index contributed by atoms with van der Waals surface area (Å²) in [7, 11) is 0. The van der Waals surface area contributed by atoms with Crippen LogP contribution < -0.4 is 5.73 Å². The van der Waals surface area contributed by atoms with E-state index in [1.165, 1.54) is 27.6 Å². The van der Waals surface area contributed by atoms with Gasteiger partial charge in [-0.15, -0.1) is 0 Å². The molecule has 0 saturated heterocycles. The number of nitrogens with two attached hydrogens (primary N) is 1. The highest BCUT2D eigenvalue weighted by molar-refractivity contribution is 5.85. The summed E-state index contributed by atoms with van der Waals surface area (Å²) < 4.78 is 0. The molecule has 0 fully saturated rings. The fourth-order valence-corrected chi connectivity index (χ4v) is 2.26. The van der Waals surface area contributed by atoms with Crippen LogP contribution >= 0.6 is 0 Å². The fourth-order valence-electron chi connectivity index (χ4n) is 2.26. The van der Waals surface area contributed by atoms with Gasteiger partial charge in [0.05, 0.1) is 0 Å². The Kier molecular flexibility index (Phi) is 2.87. The SMILES string of the molecule is NCCc1ccc(-c2ccc3[nH]ccc3c2)cc1. The molecule has 0 aliphatic carbocycles. The molecule has 2 heteroatoms. The molecule has 1 heterocycles. The van der Waals surface area contributed by atoms with Crippen LogP contribution in [0.15, 0.2) is 54.7 Å². The monoisotopic (exact) mass is 236 g/mol. The van der Waals surface area contributed by atoms with E-state index in [0.29, 0.717) is 6.54 Å². The number of hydrogen-bond donors (Lipinski definition) is 2. The Hall–Kier alpha value is -2.06. The maximum Gasteiger partial charge on any atom is 0.0454 e. The van der Waals surface area contributed by atoms with E-state index >= 15 is 0 Å². The van der Waals surface area contributed by atoms with Crippen molar-refractivity contribution in [1.29, 1.82) is 0 Å². The van der Waals surface area contributed by atoms with Crippen LogP contribution in [0.4, 0.5) is 0 Å². The minimum absolute atomic E-state index is 0.703. The smallest absolute Gasteiger partial charge is 0.0454 e. The molecule has 3 aromatic rings. The van der Waals surface area contributed by atoms with Crippen LogP contribution in [-0.4, -0.2) is 11.5 Å². The summed E-state index contributed by atoms with van der Waals surface area (Å²) in [4.78, 5) is 3.21. The predicted molar refractivity (Wildman–Crippen MR) is 76.5 cm³/mol. The molecule has 1 aromatic heterocycles. The quantitative estimate of drug-likeness (QED) is 0.719. The molecule has 0 spiro atoms. The van der Waals surface area contributed by atoms with Gasteiger partial charge in [0.2, 0.25) is 0 Å². The predicted octanol–water partition coefficient (Wildman–Crippen LogP) is 3.34. The molecular weight excluding hydrogens is 220 g/mol. The van der Waals surface area contributed by atoms with Gasteiger partial charge in [0, 0.05) is 11.7 Å². The fraction of sp³-hybridized carbons (Fsp3) is 0.125. The summed E-state index contributed by atoms with van der Waals surface area (Å²) in [6, 6.07) is 17.2. The Morgan fingerprint density at radius 2 is 1.67 bits per heavy atom. The van der Waals surface area contributed by atoms with Crippen LogP contribution in [0, 0.1) is 0 Å². The lowest BCUT2D eigenvalue weighted by Gasteiger charge is -2.04. The minimum atomic E-state index is 0.703. The third-order valence-corrected chi connectivity index (χ3v) is 3.27. The normalized spacial score (nSPS) is 10.9. The molecule has 0 atom stereocenters. The number of H-pyrrole nitrogens is 1. The zero-order chi connectivity index (χ0) is 12.4. The molecule has 0 saturated carbocycles. The largest absolute Gasteiger partial charge is 0.361 e. The second-order valence-electron chi connectivity index (χ2n) is 4.52. The molecule has 0 amide bonds. The van der Waals surface area contributed by atoms with Crippen LogP contribution in [0.5, 0.6) is 0 Å². The molecule has 3 rings (SSSR count). The summed E-state index contributed by atoms with van der Waals surface area (Å²) >= 11 is 0. The Labute approximate surface area is 106 Å². The molecule has 3 N–H and O–H groups in total. The molecule has 2 aromatic carbocycles. The van der Waals surface area contributed by atoms with Gasteiger partial charge in [0.25, 0.3) is 0 Å². The van der Waals surface area contributed by atoms with Gasteiger partial charge in [-0.3, -0.25) is 0 Å². The van der Waals surface area contributed by atoms with Crippen molar-refractivity contribution in [1.82, 2.24) is 4.98 Å². The first kappa shape index (κ1) is 11.1. The second kappa shape index (κ2) is 4.67. The van der Waals surface area contributed by atoms with Gasteiger partial charge in [-0.25, -0.2) is 0 Å². The first-order chi connectivity index (χ1) is 8.86. The third kappa shape index (κ3) is 2.03. The average Bonchev–Trinajstić information content (AvgIpc) is 2.87. The number of hydrogen-bond acceptors (Lipinski definition) is 1. The van der Waals surface area contributed by atoms with Crippen LogP contribution in [0.2, 0.25) is 0 Å². The van der Waals surface area contributed by atoms with Crippen molar-refractivity contribution in [3.8, 4) is 11.1 Å². The Morgan fingerprint density at radius 3 is 2.44 bits per heavy atom. The van der Waals surface area contributed by atoms with E-state index in [1.54, 1.807) is 0 Å².